The van der Waals surface area contributed by atoms with Crippen LogP contribution in [0.3, 0.4) is 0 Å². The van der Waals surface area contributed by atoms with Gasteiger partial charge < -0.3 is 15.2 Å². The highest BCUT2D eigenvalue weighted by molar-refractivity contribution is 7.89. The number of nitrogens with one attached hydrogen (secondary N) is 2. The molecule has 3 aromatic rings. The summed E-state index contributed by atoms with van der Waals surface area (Å²) in [5.74, 6) is -0.597. The lowest BCUT2D eigenvalue weighted by atomic mass is 10.2. The predicted molar refractivity (Wildman–Crippen MR) is 121 cm³/mol. The van der Waals surface area contributed by atoms with Gasteiger partial charge in [0.1, 0.15) is 6.04 Å². The summed E-state index contributed by atoms with van der Waals surface area (Å²) in [6, 6.07) is 12.4. The van der Waals surface area contributed by atoms with Crippen LogP contribution in [0.4, 0.5) is 0 Å². The summed E-state index contributed by atoms with van der Waals surface area (Å²) < 4.78 is 28.0. The van der Waals surface area contributed by atoms with Crippen molar-refractivity contribution in [2.24, 2.45) is 0 Å². The van der Waals surface area contributed by atoms with Gasteiger partial charge >= 0.3 is 4.87 Å². The Kier molecular flexibility index (Phi) is 6.13. The Balaban J connectivity index is 1.38. The first-order valence-corrected chi connectivity index (χ1v) is 12.3. The number of H-pyrrole nitrogens is 1. The highest BCUT2D eigenvalue weighted by Gasteiger charge is 2.32. The Morgan fingerprint density at radius 3 is 2.44 bits per heavy atom. The highest BCUT2D eigenvalue weighted by Crippen LogP contribution is 2.23. The summed E-state index contributed by atoms with van der Waals surface area (Å²) in [4.78, 5) is 40.6. The Bertz CT molecular complexity index is 1310. The number of hydrogen-bond acceptors (Lipinski definition) is 6. The lowest BCUT2D eigenvalue weighted by Crippen LogP contribution is -2.55. The maximum Gasteiger partial charge on any atom is 0.305 e. The average molecular weight is 475 g/mol. The average Bonchev–Trinajstić information content (AvgIpc) is 3.18. The van der Waals surface area contributed by atoms with Crippen LogP contribution >= 0.6 is 11.3 Å². The van der Waals surface area contributed by atoms with Gasteiger partial charge in [-0.1, -0.05) is 29.5 Å². The van der Waals surface area contributed by atoms with Crippen molar-refractivity contribution in [1.29, 1.82) is 0 Å². The van der Waals surface area contributed by atoms with Crippen LogP contribution in [-0.4, -0.2) is 66.6 Å². The van der Waals surface area contributed by atoms with Gasteiger partial charge in [0, 0.05) is 31.7 Å². The van der Waals surface area contributed by atoms with Crippen molar-refractivity contribution in [3.05, 3.63) is 63.8 Å². The molecule has 1 aliphatic heterocycles. The van der Waals surface area contributed by atoms with E-state index >= 15 is 0 Å². The van der Waals surface area contributed by atoms with Crippen molar-refractivity contribution in [3.63, 3.8) is 0 Å². The fourth-order valence-electron chi connectivity index (χ4n) is 3.59. The lowest BCUT2D eigenvalue weighted by Gasteiger charge is -2.35. The van der Waals surface area contributed by atoms with Crippen molar-refractivity contribution in [1.82, 2.24) is 19.5 Å². The number of amides is 2. The molecule has 0 bridgehead atoms. The normalized spacial score (nSPS) is 16.1. The van der Waals surface area contributed by atoms with Crippen LogP contribution in [0.5, 0.6) is 0 Å². The van der Waals surface area contributed by atoms with Crippen molar-refractivity contribution in [3.8, 4) is 0 Å². The van der Waals surface area contributed by atoms with Crippen molar-refractivity contribution < 1.29 is 18.0 Å². The molecule has 11 heteroatoms. The molecule has 9 nitrogen and oxygen atoms in total. The van der Waals surface area contributed by atoms with E-state index in [0.29, 0.717) is 15.8 Å². The van der Waals surface area contributed by atoms with Crippen LogP contribution in [0.25, 0.3) is 10.2 Å². The number of aromatic nitrogens is 1. The van der Waals surface area contributed by atoms with Crippen molar-refractivity contribution >= 4 is 43.4 Å². The number of nitrogens with zero attached hydrogens (tertiary/aromatic N) is 2. The number of piperazine rings is 1. The van der Waals surface area contributed by atoms with E-state index in [1.807, 2.05) is 0 Å². The minimum absolute atomic E-state index is 0.114. The monoisotopic (exact) mass is 474 g/mol. The Morgan fingerprint density at radius 1 is 1.06 bits per heavy atom. The van der Waals surface area contributed by atoms with Gasteiger partial charge in [-0.2, -0.15) is 4.31 Å². The first-order valence-electron chi connectivity index (χ1n) is 10.0. The van der Waals surface area contributed by atoms with E-state index in [2.05, 4.69) is 10.3 Å². The summed E-state index contributed by atoms with van der Waals surface area (Å²) in [6.45, 7) is 2.36. The first-order chi connectivity index (χ1) is 15.3. The quantitative estimate of drug-likeness (QED) is 0.577. The van der Waals surface area contributed by atoms with Gasteiger partial charge in [-0.25, -0.2) is 8.42 Å². The summed E-state index contributed by atoms with van der Waals surface area (Å²) in [5, 5.41) is 2.69. The molecule has 32 heavy (non-hydrogen) atoms. The number of thiazole rings is 1. The smallest absolute Gasteiger partial charge is 0.305 e. The molecule has 0 radical (unpaired) electrons. The molecular formula is C21H22N4O5S2. The predicted octanol–water partition coefficient (Wildman–Crippen LogP) is 1.24. The van der Waals surface area contributed by atoms with Crippen LogP contribution < -0.4 is 10.2 Å². The zero-order chi connectivity index (χ0) is 22.9. The van der Waals surface area contributed by atoms with Gasteiger partial charge in [0.2, 0.25) is 15.9 Å². The van der Waals surface area contributed by atoms with E-state index in [1.165, 1.54) is 16.4 Å². The minimum atomic E-state index is -3.75. The molecule has 1 atom stereocenters. The maximum atomic E-state index is 13.0. The topological polar surface area (TPSA) is 120 Å². The fraction of sp³-hybridized carbons (Fsp3) is 0.286. The molecular weight excluding hydrogens is 452 g/mol. The third-order valence-corrected chi connectivity index (χ3v) is 8.07. The van der Waals surface area contributed by atoms with E-state index in [0.717, 1.165) is 11.3 Å². The van der Waals surface area contributed by atoms with Gasteiger partial charge in [-0.3, -0.25) is 14.4 Å². The minimum Gasteiger partial charge on any atom is -0.341 e. The summed E-state index contributed by atoms with van der Waals surface area (Å²) in [7, 11) is -3.75. The van der Waals surface area contributed by atoms with E-state index in [-0.39, 0.29) is 47.8 Å². The van der Waals surface area contributed by atoms with E-state index < -0.39 is 16.1 Å². The zero-order valence-electron chi connectivity index (χ0n) is 17.3. The summed E-state index contributed by atoms with van der Waals surface area (Å²) in [6.07, 6.45) is 0. The number of benzene rings is 2. The number of rotatable bonds is 5. The molecule has 0 unspecified atom stereocenters. The van der Waals surface area contributed by atoms with Gasteiger partial charge in [0.05, 0.1) is 15.1 Å². The van der Waals surface area contributed by atoms with Crippen LogP contribution in [0.1, 0.15) is 17.3 Å². The first kappa shape index (κ1) is 22.2. The summed E-state index contributed by atoms with van der Waals surface area (Å²) >= 11 is 0.958. The number of carbonyl (C=O) groups excluding carboxylic acids is 2. The van der Waals surface area contributed by atoms with E-state index in [1.54, 1.807) is 48.2 Å². The molecule has 2 heterocycles. The highest BCUT2D eigenvalue weighted by atomic mass is 32.2. The van der Waals surface area contributed by atoms with Crippen LogP contribution in [0, 0.1) is 0 Å². The second-order valence-electron chi connectivity index (χ2n) is 7.46. The molecule has 2 amide bonds. The Hall–Kier alpha value is -3.02. The van der Waals surface area contributed by atoms with Gasteiger partial charge in [0.15, 0.2) is 0 Å². The van der Waals surface area contributed by atoms with Crippen LogP contribution in [-0.2, 0) is 14.8 Å². The number of hydrogen-bond donors (Lipinski definition) is 2. The maximum absolute atomic E-state index is 13.0. The zero-order valence-corrected chi connectivity index (χ0v) is 18.9. The van der Waals surface area contributed by atoms with E-state index in [9.17, 15) is 22.8 Å². The third kappa shape index (κ3) is 4.45. The molecule has 0 saturated carbocycles. The molecule has 2 aromatic carbocycles. The Labute approximate surface area is 188 Å². The molecule has 1 aromatic heterocycles. The molecule has 0 aliphatic carbocycles. The summed E-state index contributed by atoms with van der Waals surface area (Å²) in [5.41, 5.74) is 1.06. The molecule has 168 valence electrons. The lowest BCUT2D eigenvalue weighted by molar-refractivity contribution is -0.134. The number of aromatic amines is 1. The Morgan fingerprint density at radius 2 is 1.75 bits per heavy atom. The van der Waals surface area contributed by atoms with Gasteiger partial charge in [-0.15, -0.1) is 0 Å². The number of fused-ring (bicyclic) bond motifs is 1. The fourth-order valence-corrected chi connectivity index (χ4v) is 5.89. The van der Waals surface area contributed by atoms with Crippen LogP contribution in [0.2, 0.25) is 0 Å². The molecule has 4 rings (SSSR count). The molecule has 0 spiro atoms. The molecule has 2 N–H and O–H groups in total. The number of sulfonamides is 1. The second kappa shape index (κ2) is 8.85. The van der Waals surface area contributed by atoms with Crippen molar-refractivity contribution in [2.45, 2.75) is 17.9 Å². The largest absolute Gasteiger partial charge is 0.341 e. The second-order valence-corrected chi connectivity index (χ2v) is 10.4. The van der Waals surface area contributed by atoms with Crippen molar-refractivity contribution in [2.75, 3.05) is 26.2 Å². The molecule has 1 saturated heterocycles. The SMILES string of the molecule is C[C@@H](NC(=O)c1ccccc1)C(=O)N1CCN(S(=O)(=O)c2ccc3[nH]c(=O)sc3c2)CC1. The molecule has 1 aliphatic rings. The van der Waals surface area contributed by atoms with Crippen LogP contribution in [0.15, 0.2) is 58.2 Å². The molecule has 1 fully saturated rings. The van der Waals surface area contributed by atoms with E-state index in [4.69, 9.17) is 0 Å². The van der Waals surface area contributed by atoms with Gasteiger partial charge in [-0.05, 0) is 37.3 Å². The van der Waals surface area contributed by atoms with Gasteiger partial charge in [0.25, 0.3) is 5.91 Å². The standard InChI is InChI=1S/C21H22N4O5S2/c1-14(22-19(26)15-5-3-2-4-6-15)20(27)24-9-11-25(12-10-24)32(29,30)16-7-8-17-18(13-16)31-21(28)23-17/h2-8,13-14H,9-12H2,1H3,(H,22,26)(H,23,28)/t14-/m1/s1. The third-order valence-electron chi connectivity index (χ3n) is 5.33. The number of carbonyl (C=O) groups is 2.